The van der Waals surface area contributed by atoms with Crippen LogP contribution in [0.5, 0.6) is 5.75 Å². The van der Waals surface area contributed by atoms with Crippen LogP contribution >= 0.6 is 0 Å². The molecule has 13 nitrogen and oxygen atoms in total. The van der Waals surface area contributed by atoms with E-state index in [1.54, 1.807) is 20.8 Å². The van der Waals surface area contributed by atoms with E-state index in [-0.39, 0.29) is 38.2 Å². The summed E-state index contributed by atoms with van der Waals surface area (Å²) < 4.78 is 28.0. The van der Waals surface area contributed by atoms with Crippen LogP contribution in [0.1, 0.15) is 48.0 Å². The van der Waals surface area contributed by atoms with E-state index in [0.29, 0.717) is 30.0 Å². The first kappa shape index (κ1) is 26.3. The van der Waals surface area contributed by atoms with Crippen molar-refractivity contribution >= 4 is 12.0 Å². The molecule has 2 aliphatic heterocycles. The normalized spacial score (nSPS) is 18.4. The quantitative estimate of drug-likeness (QED) is 0.488. The molecular weight excluding hydrogens is 513 g/mol. The summed E-state index contributed by atoms with van der Waals surface area (Å²) in [5.74, 6) is -1.43. The predicted molar refractivity (Wildman–Crippen MR) is 133 cm³/mol. The van der Waals surface area contributed by atoms with E-state index in [1.165, 1.54) is 38.7 Å². The molecule has 2 aliphatic rings. The average molecular weight is 542 g/mol. The first-order chi connectivity index (χ1) is 18.6. The number of carbonyl (C=O) groups excluding carboxylic acids is 2. The molecule has 206 valence electrons. The Morgan fingerprint density at radius 3 is 2.82 bits per heavy atom. The Labute approximate surface area is 222 Å². The summed E-state index contributed by atoms with van der Waals surface area (Å²) in [4.78, 5) is 48.7. The lowest BCUT2D eigenvalue weighted by Crippen LogP contribution is -2.47. The number of aromatic hydroxyl groups is 1. The highest BCUT2D eigenvalue weighted by Crippen LogP contribution is 2.37. The third-order valence-corrected chi connectivity index (χ3v) is 6.72. The number of halogens is 1. The van der Waals surface area contributed by atoms with Crippen LogP contribution in [-0.2, 0) is 28.2 Å². The summed E-state index contributed by atoms with van der Waals surface area (Å²) in [6.45, 7) is 5.79. The van der Waals surface area contributed by atoms with Gasteiger partial charge in [0.1, 0.15) is 29.4 Å². The molecule has 1 spiro atoms. The smallest absolute Gasteiger partial charge is 0.410 e. The van der Waals surface area contributed by atoms with Crippen LogP contribution in [0.3, 0.4) is 0 Å². The van der Waals surface area contributed by atoms with Crippen molar-refractivity contribution in [3.63, 3.8) is 0 Å². The van der Waals surface area contributed by atoms with Crippen LogP contribution < -0.4 is 10.9 Å². The topological polar surface area (TPSA) is 154 Å². The molecule has 3 aromatic rings. The Morgan fingerprint density at radius 2 is 2.10 bits per heavy atom. The van der Waals surface area contributed by atoms with E-state index < -0.39 is 40.4 Å². The molecular formula is C25H28FN7O6. The zero-order chi connectivity index (χ0) is 27.9. The molecule has 2 N–H and O–H groups in total. The van der Waals surface area contributed by atoms with Gasteiger partial charge in [-0.15, -0.1) is 0 Å². The molecule has 0 bridgehead atoms. The van der Waals surface area contributed by atoms with Crippen molar-refractivity contribution in [2.75, 3.05) is 19.7 Å². The highest BCUT2D eigenvalue weighted by atomic mass is 19.1. The number of hydrogen-bond acceptors (Lipinski definition) is 9. The highest BCUT2D eigenvalue weighted by molar-refractivity contribution is 5.94. The molecule has 0 saturated carbocycles. The Balaban J connectivity index is 1.43. The van der Waals surface area contributed by atoms with E-state index in [0.717, 1.165) is 0 Å². The van der Waals surface area contributed by atoms with Gasteiger partial charge in [0.25, 0.3) is 11.5 Å². The Bertz CT molecular complexity index is 1500. The second kappa shape index (κ2) is 10.1. The number of rotatable bonds is 5. The average Bonchev–Trinajstić information content (AvgIpc) is 3.52. The number of benzene rings is 1. The van der Waals surface area contributed by atoms with Crippen LogP contribution in [-0.4, -0.2) is 72.1 Å². The molecule has 2 aromatic heterocycles. The Morgan fingerprint density at radius 1 is 1.31 bits per heavy atom. The molecule has 1 unspecified atom stereocenters. The molecule has 1 aromatic carbocycles. The minimum atomic E-state index is -1.13. The lowest BCUT2D eigenvalue weighted by molar-refractivity contribution is -0.0750. The number of aromatic nitrogens is 5. The zero-order valence-corrected chi connectivity index (χ0v) is 21.7. The Hall–Kier alpha value is -4.33. The van der Waals surface area contributed by atoms with Crippen molar-refractivity contribution < 1.29 is 28.6 Å². The number of hydrogen-bond donors (Lipinski definition) is 2. The molecule has 5 rings (SSSR count). The number of amides is 2. The number of ether oxygens (including phenoxy) is 2. The van der Waals surface area contributed by atoms with Crippen molar-refractivity contribution in [3.8, 4) is 11.4 Å². The van der Waals surface area contributed by atoms with Crippen molar-refractivity contribution in [1.29, 1.82) is 0 Å². The summed E-state index contributed by atoms with van der Waals surface area (Å²) in [6.07, 6.45) is 0.834. The summed E-state index contributed by atoms with van der Waals surface area (Å²) in [7, 11) is 0. The van der Waals surface area contributed by atoms with Crippen molar-refractivity contribution in [2.24, 2.45) is 0 Å². The first-order valence-electron chi connectivity index (χ1n) is 12.5. The molecule has 0 aliphatic carbocycles. The van der Waals surface area contributed by atoms with Gasteiger partial charge in [-0.2, -0.15) is 5.10 Å². The lowest BCUT2D eigenvalue weighted by Gasteiger charge is -2.35. The maximum Gasteiger partial charge on any atom is 0.410 e. The number of nitrogens with zero attached hydrogens (tertiary/aromatic N) is 6. The first-order valence-corrected chi connectivity index (χ1v) is 12.5. The fourth-order valence-electron chi connectivity index (χ4n) is 4.85. The van der Waals surface area contributed by atoms with Crippen LogP contribution in [0, 0.1) is 12.7 Å². The van der Waals surface area contributed by atoms with E-state index in [9.17, 15) is 23.9 Å². The highest BCUT2D eigenvalue weighted by Gasteiger charge is 2.48. The van der Waals surface area contributed by atoms with Gasteiger partial charge in [0.05, 0.1) is 31.5 Å². The van der Waals surface area contributed by atoms with Gasteiger partial charge in [-0.1, -0.05) is 6.07 Å². The SMILES string of the molecule is Cc1ncnn1-c1cc(F)ccc1CNC(=O)c1nc2n(c(=O)c1O)CCOC21CCN(C(=O)OC(C)C)C1. The molecule has 1 fully saturated rings. The Kier molecular flexibility index (Phi) is 6.80. The third-order valence-electron chi connectivity index (χ3n) is 6.72. The van der Waals surface area contributed by atoms with Crippen molar-refractivity contribution in [2.45, 2.75) is 52.0 Å². The van der Waals surface area contributed by atoms with E-state index in [2.05, 4.69) is 20.4 Å². The second-order valence-electron chi connectivity index (χ2n) is 9.71. The number of aryl methyl sites for hydroxylation is 1. The predicted octanol–water partition coefficient (Wildman–Crippen LogP) is 1.38. The van der Waals surface area contributed by atoms with E-state index in [4.69, 9.17) is 9.47 Å². The van der Waals surface area contributed by atoms with Crippen molar-refractivity contribution in [3.05, 3.63) is 63.6 Å². The fraction of sp³-hybridized carbons (Fsp3) is 0.440. The minimum Gasteiger partial charge on any atom is -0.501 e. The molecule has 4 heterocycles. The van der Waals surface area contributed by atoms with E-state index in [1.807, 2.05) is 0 Å². The summed E-state index contributed by atoms with van der Waals surface area (Å²) in [6, 6.07) is 4.00. The van der Waals surface area contributed by atoms with Crippen LogP contribution in [0.4, 0.5) is 9.18 Å². The van der Waals surface area contributed by atoms with Crippen LogP contribution in [0.2, 0.25) is 0 Å². The lowest BCUT2D eigenvalue weighted by atomic mass is 9.99. The van der Waals surface area contributed by atoms with Crippen LogP contribution in [0.25, 0.3) is 5.69 Å². The molecule has 14 heteroatoms. The second-order valence-corrected chi connectivity index (χ2v) is 9.71. The minimum absolute atomic E-state index is 0.0764. The van der Waals surface area contributed by atoms with Gasteiger partial charge in [0, 0.05) is 19.5 Å². The number of carbonyl (C=O) groups is 2. The van der Waals surface area contributed by atoms with Gasteiger partial charge >= 0.3 is 6.09 Å². The molecule has 39 heavy (non-hydrogen) atoms. The summed E-state index contributed by atoms with van der Waals surface area (Å²) in [5.41, 5.74) is -1.50. The van der Waals surface area contributed by atoms with Gasteiger partial charge in [0.2, 0.25) is 5.75 Å². The number of likely N-dealkylation sites (tertiary alicyclic amines) is 1. The standard InChI is InChI=1S/C25H28FN7O6/c1-14(2)39-24(37)31-7-6-25(12-31)23-30-19(20(34)22(36)32(23)8-9-38-25)21(35)27-11-16-4-5-17(26)10-18(16)33-15(3)28-13-29-33/h4-5,10,13-14,34H,6-9,11-12H2,1-3H3,(H,27,35). The molecule has 2 amide bonds. The van der Waals surface area contributed by atoms with Gasteiger partial charge in [-0.05, 0) is 38.5 Å². The van der Waals surface area contributed by atoms with Gasteiger partial charge in [-0.3, -0.25) is 14.2 Å². The van der Waals surface area contributed by atoms with Gasteiger partial charge < -0.3 is 24.8 Å². The van der Waals surface area contributed by atoms with Gasteiger partial charge in [-0.25, -0.2) is 23.8 Å². The van der Waals surface area contributed by atoms with Crippen molar-refractivity contribution in [1.82, 2.24) is 34.5 Å². The van der Waals surface area contributed by atoms with Gasteiger partial charge in [0.15, 0.2) is 5.69 Å². The third kappa shape index (κ3) is 4.82. The fourth-order valence-corrected chi connectivity index (χ4v) is 4.85. The van der Waals surface area contributed by atoms with Crippen LogP contribution in [0.15, 0.2) is 29.3 Å². The summed E-state index contributed by atoms with van der Waals surface area (Å²) >= 11 is 0. The molecule has 0 radical (unpaired) electrons. The monoisotopic (exact) mass is 541 g/mol. The molecule has 1 atom stereocenters. The number of fused-ring (bicyclic) bond motifs is 2. The maximum absolute atomic E-state index is 14.0. The number of nitrogens with one attached hydrogen (secondary N) is 1. The maximum atomic E-state index is 14.0. The largest absolute Gasteiger partial charge is 0.501 e. The molecule has 1 saturated heterocycles. The van der Waals surface area contributed by atoms with E-state index >= 15 is 0 Å². The summed E-state index contributed by atoms with van der Waals surface area (Å²) in [5, 5.41) is 17.4. The zero-order valence-electron chi connectivity index (χ0n) is 21.7.